The second-order valence-corrected chi connectivity index (χ2v) is 8.21. The third-order valence-electron chi connectivity index (χ3n) is 5.40. The van der Waals surface area contributed by atoms with E-state index in [1.54, 1.807) is 60.7 Å². The molecule has 0 radical (unpaired) electrons. The molecule has 0 unspecified atom stereocenters. The highest BCUT2D eigenvalue weighted by Crippen LogP contribution is 2.32. The van der Waals surface area contributed by atoms with Gasteiger partial charge in [-0.15, -0.1) is 0 Å². The van der Waals surface area contributed by atoms with Crippen molar-refractivity contribution in [1.29, 1.82) is 0 Å². The quantitative estimate of drug-likeness (QED) is 0.445. The van der Waals surface area contributed by atoms with Crippen LogP contribution in [0.3, 0.4) is 0 Å². The average molecular weight is 491 g/mol. The molecule has 1 aromatic heterocycles. The van der Waals surface area contributed by atoms with Gasteiger partial charge in [0.15, 0.2) is 11.5 Å². The molecule has 4 aromatic rings. The number of hydrogen-bond acceptors (Lipinski definition) is 6. The van der Waals surface area contributed by atoms with E-state index in [0.717, 1.165) is 20.4 Å². The molecule has 0 atom stereocenters. The van der Waals surface area contributed by atoms with Crippen molar-refractivity contribution in [3.63, 3.8) is 0 Å². The monoisotopic (exact) mass is 490 g/mol. The van der Waals surface area contributed by atoms with Crippen LogP contribution in [0.1, 0.15) is 21.6 Å². The van der Waals surface area contributed by atoms with E-state index in [2.05, 4.69) is 10.4 Å². The van der Waals surface area contributed by atoms with Crippen LogP contribution in [0.15, 0.2) is 82.4 Å². The summed E-state index contributed by atoms with van der Waals surface area (Å²) in [6.45, 7) is 0.233. The molecular weight excluding hydrogens is 472 g/mol. The van der Waals surface area contributed by atoms with Gasteiger partial charge in [-0.25, -0.2) is 4.79 Å². The Morgan fingerprint density at radius 1 is 0.943 bits per heavy atom. The molecule has 0 bridgehead atoms. The summed E-state index contributed by atoms with van der Waals surface area (Å²) < 4.78 is 12.6. The van der Waals surface area contributed by atoms with Crippen molar-refractivity contribution in [2.45, 2.75) is 13.1 Å². The minimum absolute atomic E-state index is 0.0238. The van der Waals surface area contributed by atoms with Gasteiger partial charge in [0.25, 0.3) is 11.5 Å². The third kappa shape index (κ3) is 4.67. The number of benzene rings is 3. The van der Waals surface area contributed by atoms with Gasteiger partial charge >= 0.3 is 5.69 Å². The molecule has 10 heteroatoms. The lowest BCUT2D eigenvalue weighted by Crippen LogP contribution is -2.46. The number of ether oxygens (including phenoxy) is 2. The third-order valence-corrected chi connectivity index (χ3v) is 5.64. The highest BCUT2D eigenvalue weighted by Gasteiger charge is 2.21. The number of halogens is 1. The van der Waals surface area contributed by atoms with Crippen LogP contribution in [0.2, 0.25) is 5.02 Å². The molecule has 2 heterocycles. The topological polar surface area (TPSA) is 104 Å². The molecule has 1 N–H and O–H groups in total. The minimum atomic E-state index is -0.791. The van der Waals surface area contributed by atoms with Gasteiger partial charge in [-0.1, -0.05) is 54.1 Å². The molecule has 1 aliphatic heterocycles. The van der Waals surface area contributed by atoms with Gasteiger partial charge in [0.1, 0.15) is 0 Å². The van der Waals surface area contributed by atoms with Crippen molar-refractivity contribution in [2.75, 3.05) is 6.79 Å². The van der Waals surface area contributed by atoms with Crippen molar-refractivity contribution in [3.8, 4) is 17.2 Å². The Morgan fingerprint density at radius 2 is 1.74 bits per heavy atom. The molecule has 3 aromatic carbocycles. The Hall–Kier alpha value is -4.37. The van der Waals surface area contributed by atoms with E-state index in [9.17, 15) is 14.4 Å². The lowest BCUT2D eigenvalue weighted by molar-refractivity contribution is 0.0941. The molecule has 0 spiro atoms. The average Bonchev–Trinajstić information content (AvgIpc) is 3.34. The molecule has 0 saturated heterocycles. The van der Waals surface area contributed by atoms with Gasteiger partial charge in [0, 0.05) is 11.6 Å². The van der Waals surface area contributed by atoms with Crippen LogP contribution in [-0.2, 0) is 13.1 Å². The number of hydrogen-bond donors (Lipinski definition) is 1. The predicted molar refractivity (Wildman–Crippen MR) is 128 cm³/mol. The maximum absolute atomic E-state index is 13.2. The summed E-state index contributed by atoms with van der Waals surface area (Å²) in [6.07, 6.45) is 0. The minimum Gasteiger partial charge on any atom is -0.454 e. The number of nitrogens with zero attached hydrogens (tertiary/aromatic N) is 3. The molecular formula is C25H19ClN4O5. The van der Waals surface area contributed by atoms with Crippen molar-refractivity contribution in [2.24, 2.45) is 0 Å². The van der Waals surface area contributed by atoms with Gasteiger partial charge in [0.2, 0.25) is 12.5 Å². The second-order valence-electron chi connectivity index (χ2n) is 7.77. The Kier molecular flexibility index (Phi) is 6.07. The molecule has 0 saturated carbocycles. The molecule has 1 amide bonds. The van der Waals surface area contributed by atoms with Gasteiger partial charge in [0.05, 0.1) is 12.2 Å². The van der Waals surface area contributed by atoms with E-state index in [0.29, 0.717) is 22.2 Å². The van der Waals surface area contributed by atoms with Crippen molar-refractivity contribution in [3.05, 3.63) is 115 Å². The van der Waals surface area contributed by atoms with E-state index in [4.69, 9.17) is 21.1 Å². The first-order valence-corrected chi connectivity index (χ1v) is 11.1. The lowest BCUT2D eigenvalue weighted by atomic mass is 10.2. The van der Waals surface area contributed by atoms with Crippen LogP contribution in [0.4, 0.5) is 0 Å². The number of fused-ring (bicyclic) bond motifs is 1. The van der Waals surface area contributed by atoms with E-state index in [1.165, 1.54) is 6.07 Å². The number of aromatic nitrogens is 3. The lowest BCUT2D eigenvalue weighted by Gasteiger charge is -2.13. The van der Waals surface area contributed by atoms with Gasteiger partial charge < -0.3 is 14.8 Å². The SMILES string of the molecule is O=C(NCc1ccc2c(c1)OCO2)c1nn(-c2cccc(Cl)c2)c(=O)n(Cc2ccccc2)c1=O. The summed E-state index contributed by atoms with van der Waals surface area (Å²) >= 11 is 6.10. The van der Waals surface area contributed by atoms with Gasteiger partial charge in [-0.3, -0.25) is 14.2 Å². The Labute approximate surface area is 204 Å². The highest BCUT2D eigenvalue weighted by atomic mass is 35.5. The second kappa shape index (κ2) is 9.47. The van der Waals surface area contributed by atoms with Crippen LogP contribution in [0.5, 0.6) is 11.5 Å². The first-order valence-electron chi connectivity index (χ1n) is 10.7. The summed E-state index contributed by atoms with van der Waals surface area (Å²) in [4.78, 5) is 39.5. The van der Waals surface area contributed by atoms with Crippen LogP contribution in [-0.4, -0.2) is 27.0 Å². The summed E-state index contributed by atoms with van der Waals surface area (Å²) in [6, 6.07) is 20.7. The van der Waals surface area contributed by atoms with E-state index in [-0.39, 0.29) is 19.9 Å². The zero-order chi connectivity index (χ0) is 24.4. The number of nitrogens with one attached hydrogen (secondary N) is 1. The van der Waals surface area contributed by atoms with E-state index in [1.807, 2.05) is 6.07 Å². The molecule has 35 heavy (non-hydrogen) atoms. The van der Waals surface area contributed by atoms with E-state index >= 15 is 0 Å². The molecule has 5 rings (SSSR count). The fourth-order valence-corrected chi connectivity index (χ4v) is 3.84. The molecule has 0 fully saturated rings. The van der Waals surface area contributed by atoms with Crippen molar-refractivity contribution < 1.29 is 14.3 Å². The summed E-state index contributed by atoms with van der Waals surface area (Å²) in [5.74, 6) is 0.485. The number of carbonyl (C=O) groups is 1. The maximum atomic E-state index is 13.2. The van der Waals surface area contributed by atoms with Crippen LogP contribution < -0.4 is 26.0 Å². The summed E-state index contributed by atoms with van der Waals surface area (Å²) in [7, 11) is 0. The van der Waals surface area contributed by atoms with Crippen molar-refractivity contribution >= 4 is 17.5 Å². The zero-order valence-corrected chi connectivity index (χ0v) is 19.1. The first-order chi connectivity index (χ1) is 17.0. The highest BCUT2D eigenvalue weighted by molar-refractivity contribution is 6.30. The van der Waals surface area contributed by atoms with Gasteiger partial charge in [-0.05, 0) is 41.5 Å². The Balaban J connectivity index is 1.52. The molecule has 0 aliphatic carbocycles. The van der Waals surface area contributed by atoms with Crippen LogP contribution >= 0.6 is 11.6 Å². The summed E-state index contributed by atoms with van der Waals surface area (Å²) in [5.41, 5.74) is -0.0956. The predicted octanol–water partition coefficient (Wildman–Crippen LogP) is 2.75. The fourth-order valence-electron chi connectivity index (χ4n) is 3.66. The smallest absolute Gasteiger partial charge is 0.352 e. The number of amides is 1. The van der Waals surface area contributed by atoms with Crippen LogP contribution in [0, 0.1) is 0 Å². The number of rotatable bonds is 6. The normalized spacial score (nSPS) is 11.9. The molecule has 9 nitrogen and oxygen atoms in total. The number of carbonyl (C=O) groups excluding carboxylic acids is 1. The standard InChI is InChI=1S/C25H19ClN4O5/c26-18-7-4-8-19(12-18)30-25(33)29(14-16-5-2-1-3-6-16)24(32)22(28-30)23(31)27-13-17-9-10-20-21(11-17)35-15-34-20/h1-12H,13-15H2,(H,27,31). The zero-order valence-electron chi connectivity index (χ0n) is 18.3. The summed E-state index contributed by atoms with van der Waals surface area (Å²) in [5, 5.41) is 7.19. The first kappa shape index (κ1) is 22.4. The maximum Gasteiger partial charge on any atom is 0.352 e. The van der Waals surface area contributed by atoms with Gasteiger partial charge in [-0.2, -0.15) is 9.78 Å². The Bertz CT molecular complexity index is 1530. The molecule has 1 aliphatic rings. The van der Waals surface area contributed by atoms with Crippen LogP contribution in [0.25, 0.3) is 5.69 Å². The molecule has 176 valence electrons. The Morgan fingerprint density at radius 3 is 2.54 bits per heavy atom. The van der Waals surface area contributed by atoms with E-state index < -0.39 is 22.9 Å². The van der Waals surface area contributed by atoms with Crippen molar-refractivity contribution in [1.82, 2.24) is 19.7 Å². The fraction of sp³-hybridized carbons (Fsp3) is 0.120. The largest absolute Gasteiger partial charge is 0.454 e.